The number of nitrogens with zero attached hydrogens (tertiary/aromatic N) is 2. The van der Waals surface area contributed by atoms with Gasteiger partial charge in [-0.05, 0) is 25.1 Å². The first-order valence-electron chi connectivity index (χ1n) is 7.65. The predicted octanol–water partition coefficient (Wildman–Crippen LogP) is 3.04. The highest BCUT2D eigenvalue weighted by Gasteiger charge is 2.35. The van der Waals surface area contributed by atoms with Crippen LogP contribution in [0.2, 0.25) is 5.02 Å². The number of H-pyrrole nitrogens is 1. The normalized spacial score (nSPS) is 15.6. The maximum atomic E-state index is 12.7. The number of hydrogen-bond donors (Lipinski definition) is 0. The third-order valence-corrected chi connectivity index (χ3v) is 4.32. The van der Waals surface area contributed by atoms with Crippen molar-refractivity contribution in [2.75, 3.05) is 31.1 Å². The second kappa shape index (κ2) is 6.59. The molecule has 1 aliphatic heterocycles. The van der Waals surface area contributed by atoms with Gasteiger partial charge in [0.05, 0.1) is 18.7 Å². The Balaban J connectivity index is 1.67. The number of aromatic nitrogens is 1. The number of piperazine rings is 1. The van der Waals surface area contributed by atoms with Crippen molar-refractivity contribution in [2.24, 2.45) is 0 Å². The van der Waals surface area contributed by atoms with E-state index in [9.17, 15) is 18.0 Å². The molecule has 9 heteroatoms. The fourth-order valence-electron chi connectivity index (χ4n) is 2.71. The van der Waals surface area contributed by atoms with Gasteiger partial charge >= 0.3 is 6.18 Å². The summed E-state index contributed by atoms with van der Waals surface area (Å²) in [6.45, 7) is 3.50. The van der Waals surface area contributed by atoms with Crippen molar-refractivity contribution in [1.82, 2.24) is 4.90 Å². The van der Waals surface area contributed by atoms with Crippen LogP contribution in [0.5, 0.6) is 0 Å². The summed E-state index contributed by atoms with van der Waals surface area (Å²) in [7, 11) is 0. The van der Waals surface area contributed by atoms with E-state index >= 15 is 0 Å². The number of furan rings is 1. The van der Waals surface area contributed by atoms with Gasteiger partial charge in [0.2, 0.25) is 0 Å². The average Bonchev–Trinajstić information content (AvgIpc) is 3.00. The van der Waals surface area contributed by atoms with Crippen LogP contribution in [0.1, 0.15) is 21.9 Å². The van der Waals surface area contributed by atoms with Crippen molar-refractivity contribution in [3.8, 4) is 0 Å². The molecule has 2 aromatic rings. The zero-order valence-electron chi connectivity index (χ0n) is 13.4. The number of anilines is 1. The molecule has 0 radical (unpaired) electrons. The van der Waals surface area contributed by atoms with Gasteiger partial charge in [0, 0.05) is 0 Å². The third-order valence-electron chi connectivity index (χ3n) is 4.03. The van der Waals surface area contributed by atoms with Crippen LogP contribution < -0.4 is 9.88 Å². The van der Waals surface area contributed by atoms with E-state index in [4.69, 9.17) is 16.0 Å². The number of amides is 1. The molecule has 25 heavy (non-hydrogen) atoms. The van der Waals surface area contributed by atoms with Gasteiger partial charge in [-0.25, -0.2) is 4.98 Å². The van der Waals surface area contributed by atoms with Gasteiger partial charge in [-0.2, -0.15) is 13.2 Å². The number of pyridine rings is 1. The summed E-state index contributed by atoms with van der Waals surface area (Å²) in [6, 6.07) is 4.25. The molecule has 0 aliphatic carbocycles. The van der Waals surface area contributed by atoms with E-state index in [1.165, 1.54) is 0 Å². The Kier molecular flexibility index (Phi) is 4.64. The monoisotopic (exact) mass is 374 g/mol. The zero-order chi connectivity index (χ0) is 18.2. The first-order chi connectivity index (χ1) is 11.8. The molecule has 0 spiro atoms. The van der Waals surface area contributed by atoms with Gasteiger partial charge in [-0.3, -0.25) is 9.69 Å². The Morgan fingerprint density at radius 2 is 1.92 bits per heavy atom. The van der Waals surface area contributed by atoms with Crippen molar-refractivity contribution >= 4 is 23.3 Å². The van der Waals surface area contributed by atoms with Crippen molar-refractivity contribution < 1.29 is 27.4 Å². The molecule has 1 aliphatic rings. The van der Waals surface area contributed by atoms with Crippen LogP contribution in [0.25, 0.3) is 0 Å². The predicted molar refractivity (Wildman–Crippen MR) is 84.6 cm³/mol. The molecule has 3 rings (SSSR count). The summed E-state index contributed by atoms with van der Waals surface area (Å²) >= 11 is 6.00. The Morgan fingerprint density at radius 3 is 2.44 bits per heavy atom. The lowest BCUT2D eigenvalue weighted by Gasteiger charge is -2.30. The van der Waals surface area contributed by atoms with E-state index in [0.29, 0.717) is 37.8 Å². The number of carbonyl (C=O) groups excluding carboxylic acids is 1. The van der Waals surface area contributed by atoms with Crippen LogP contribution >= 0.6 is 11.6 Å². The molecule has 134 valence electrons. The van der Waals surface area contributed by atoms with Crippen molar-refractivity contribution in [2.45, 2.75) is 13.1 Å². The highest BCUT2D eigenvalue weighted by Crippen LogP contribution is 2.32. The molecular weight excluding hydrogens is 359 g/mol. The molecule has 1 saturated heterocycles. The van der Waals surface area contributed by atoms with Crippen LogP contribution in [0.15, 0.2) is 28.8 Å². The van der Waals surface area contributed by atoms with Crippen LogP contribution in [-0.2, 0) is 6.18 Å². The average molecular weight is 375 g/mol. The van der Waals surface area contributed by atoms with Gasteiger partial charge < -0.3 is 9.32 Å². The van der Waals surface area contributed by atoms with Crippen molar-refractivity contribution in [1.29, 1.82) is 0 Å². The van der Waals surface area contributed by atoms with Gasteiger partial charge in [-0.15, -0.1) is 0 Å². The molecule has 0 saturated carbocycles. The maximum absolute atomic E-state index is 12.7. The summed E-state index contributed by atoms with van der Waals surface area (Å²) < 4.78 is 43.4. The fraction of sp³-hybridized carbons (Fsp3) is 0.375. The number of aryl methyl sites for hydroxylation is 1. The molecule has 5 nitrogen and oxygen atoms in total. The van der Waals surface area contributed by atoms with E-state index in [2.05, 4.69) is 4.98 Å². The standard InChI is InChI=1S/C16H15ClF3N3O2/c1-10-2-3-13(25-10)15(24)23-6-4-22(5-7-23)14-12(17)8-11(9-21-14)16(18,19)20/h2-3,8-9H,4-7H2,1H3/p+1. The topological polar surface area (TPSA) is 50.8 Å². The minimum absolute atomic E-state index is 0.00346. The number of nitrogens with one attached hydrogen (secondary N) is 1. The minimum atomic E-state index is -4.45. The molecule has 0 bridgehead atoms. The summed E-state index contributed by atoms with van der Waals surface area (Å²) in [5.74, 6) is 1.16. The molecule has 1 N–H and O–H groups in total. The zero-order valence-corrected chi connectivity index (χ0v) is 14.1. The molecule has 3 heterocycles. The van der Waals surface area contributed by atoms with Crippen molar-refractivity contribution in [3.63, 3.8) is 0 Å². The Hall–Kier alpha value is -2.22. The number of halogens is 4. The summed E-state index contributed by atoms with van der Waals surface area (Å²) in [5.41, 5.74) is -0.830. The third kappa shape index (κ3) is 3.73. The number of aromatic amines is 1. The molecular formula is C16H16ClF3N3O2+. The largest absolute Gasteiger partial charge is 0.456 e. The Morgan fingerprint density at radius 1 is 1.24 bits per heavy atom. The number of hydrogen-bond acceptors (Lipinski definition) is 3. The number of carbonyl (C=O) groups is 1. The van der Waals surface area contributed by atoms with Crippen LogP contribution in [-0.4, -0.2) is 37.0 Å². The first-order valence-corrected chi connectivity index (χ1v) is 8.02. The lowest BCUT2D eigenvalue weighted by molar-refractivity contribution is -0.367. The lowest BCUT2D eigenvalue weighted by atomic mass is 10.2. The SMILES string of the molecule is Cc1ccc(C(=O)N2CCN(c3[nH+]cc(C(F)(F)F)cc3Cl)CC2)o1. The second-order valence-corrected chi connectivity index (χ2v) is 6.18. The number of rotatable bonds is 2. The van der Waals surface area contributed by atoms with Gasteiger partial charge in [0.1, 0.15) is 30.1 Å². The van der Waals surface area contributed by atoms with E-state index in [0.717, 1.165) is 12.3 Å². The van der Waals surface area contributed by atoms with Gasteiger partial charge in [0.25, 0.3) is 11.7 Å². The smallest absolute Gasteiger partial charge is 0.419 e. The molecule has 0 aromatic carbocycles. The first kappa shape index (κ1) is 17.6. The summed E-state index contributed by atoms with van der Waals surface area (Å²) in [4.78, 5) is 18.4. The molecule has 1 fully saturated rings. The van der Waals surface area contributed by atoms with Crippen LogP contribution in [0.3, 0.4) is 0 Å². The van der Waals surface area contributed by atoms with Crippen LogP contribution in [0, 0.1) is 6.92 Å². The summed E-state index contributed by atoms with van der Waals surface area (Å²) in [6.07, 6.45) is -3.56. The van der Waals surface area contributed by atoms with Gasteiger partial charge in [-0.1, -0.05) is 11.6 Å². The second-order valence-electron chi connectivity index (χ2n) is 5.77. The fourth-order valence-corrected chi connectivity index (χ4v) is 3.00. The van der Waals surface area contributed by atoms with Gasteiger partial charge in [0.15, 0.2) is 5.76 Å². The van der Waals surface area contributed by atoms with E-state index in [-0.39, 0.29) is 16.7 Å². The van der Waals surface area contributed by atoms with E-state index in [1.807, 2.05) is 4.90 Å². The molecule has 0 unspecified atom stereocenters. The van der Waals surface area contributed by atoms with E-state index in [1.54, 1.807) is 24.0 Å². The Labute approximate surface area is 147 Å². The maximum Gasteiger partial charge on any atom is 0.419 e. The number of alkyl halides is 3. The highest BCUT2D eigenvalue weighted by molar-refractivity contribution is 6.32. The van der Waals surface area contributed by atoms with Crippen molar-refractivity contribution in [3.05, 3.63) is 46.5 Å². The highest BCUT2D eigenvalue weighted by atomic mass is 35.5. The lowest BCUT2D eigenvalue weighted by Crippen LogP contribution is -2.50. The summed E-state index contributed by atoms with van der Waals surface area (Å²) in [5, 5.41) is -0.00346. The molecule has 1 amide bonds. The quantitative estimate of drug-likeness (QED) is 0.812. The van der Waals surface area contributed by atoms with E-state index < -0.39 is 11.7 Å². The van der Waals surface area contributed by atoms with Crippen LogP contribution in [0.4, 0.5) is 19.0 Å². The molecule has 2 aromatic heterocycles. The minimum Gasteiger partial charge on any atom is -0.456 e. The Bertz CT molecular complexity index is 783. The molecule has 0 atom stereocenters.